The molecule has 0 aromatic carbocycles. The maximum absolute atomic E-state index is 11.0. The number of aliphatic hydroxyl groups excluding tert-OH is 1. The molecule has 0 heterocycles. The summed E-state index contributed by atoms with van der Waals surface area (Å²) in [5.74, 6) is -2.44. The lowest BCUT2D eigenvalue weighted by molar-refractivity contribution is -0.193. The lowest BCUT2D eigenvalue weighted by Gasteiger charge is -2.34. The Bertz CT molecular complexity index is 243. The first-order valence-electron chi connectivity index (χ1n) is 4.38. The summed E-state index contributed by atoms with van der Waals surface area (Å²) in [6.07, 6.45) is -1.44. The van der Waals surface area contributed by atoms with Crippen LogP contribution < -0.4 is 11.5 Å². The van der Waals surface area contributed by atoms with Crippen molar-refractivity contribution >= 4 is 11.9 Å². The molecule has 3 unspecified atom stereocenters. The van der Waals surface area contributed by atoms with Gasteiger partial charge in [-0.1, -0.05) is 0 Å². The Labute approximate surface area is 87.0 Å². The molecule has 0 amide bonds. The van der Waals surface area contributed by atoms with Crippen molar-refractivity contribution in [2.45, 2.75) is 31.6 Å². The highest BCUT2D eigenvalue weighted by atomic mass is 16.6. The van der Waals surface area contributed by atoms with Crippen molar-refractivity contribution < 1.29 is 24.5 Å². The molecule has 6 N–H and O–H groups in total. The molecule has 88 valence electrons. The second-order valence-corrected chi connectivity index (χ2v) is 3.24. The summed E-state index contributed by atoms with van der Waals surface area (Å²) in [4.78, 5) is 22.0. The number of carboxylic acid groups (broad SMARTS) is 1. The standard InChI is InChI=1S/C8H16N2O5/c1-4(10)8(5(2)11,7(13)14)15-6(12)3-9/h4-5,11H,3,9-10H2,1-2H3,(H,13,14). The van der Waals surface area contributed by atoms with E-state index < -0.39 is 36.2 Å². The monoisotopic (exact) mass is 220 g/mol. The molecule has 0 saturated heterocycles. The van der Waals surface area contributed by atoms with Crippen LogP contribution in [0.3, 0.4) is 0 Å². The number of carboxylic acids is 1. The number of carbonyl (C=O) groups is 2. The lowest BCUT2D eigenvalue weighted by atomic mass is 9.90. The van der Waals surface area contributed by atoms with Crippen molar-refractivity contribution in [3.05, 3.63) is 0 Å². The van der Waals surface area contributed by atoms with E-state index in [0.717, 1.165) is 0 Å². The van der Waals surface area contributed by atoms with Gasteiger partial charge in [0.1, 0.15) is 6.10 Å². The Morgan fingerprint density at radius 1 is 1.47 bits per heavy atom. The molecule has 0 aromatic heterocycles. The van der Waals surface area contributed by atoms with Crippen molar-refractivity contribution in [1.82, 2.24) is 0 Å². The first-order chi connectivity index (χ1) is 6.78. The van der Waals surface area contributed by atoms with Crippen molar-refractivity contribution in [3.8, 4) is 0 Å². The molecule has 0 radical (unpaired) electrons. The largest absolute Gasteiger partial charge is 0.478 e. The van der Waals surface area contributed by atoms with Gasteiger partial charge in [0, 0.05) is 0 Å². The molecule has 0 aromatic rings. The predicted octanol–water partition coefficient (Wildman–Crippen LogP) is -1.96. The molecular formula is C8H16N2O5. The summed E-state index contributed by atoms with van der Waals surface area (Å²) in [7, 11) is 0. The number of ether oxygens (including phenoxy) is 1. The van der Waals surface area contributed by atoms with Crippen LogP contribution in [0, 0.1) is 0 Å². The highest BCUT2D eigenvalue weighted by molar-refractivity contribution is 5.84. The number of carbonyl (C=O) groups excluding carboxylic acids is 1. The Balaban J connectivity index is 5.14. The Kier molecular flexibility index (Phi) is 4.66. The molecule has 0 aliphatic heterocycles. The summed E-state index contributed by atoms with van der Waals surface area (Å²) in [6.45, 7) is 2.03. The number of esters is 1. The van der Waals surface area contributed by atoms with E-state index in [9.17, 15) is 14.7 Å². The maximum Gasteiger partial charge on any atom is 0.352 e. The van der Waals surface area contributed by atoms with Gasteiger partial charge in [0.25, 0.3) is 0 Å². The van der Waals surface area contributed by atoms with Crippen LogP contribution in [0.5, 0.6) is 0 Å². The van der Waals surface area contributed by atoms with E-state index in [0.29, 0.717) is 0 Å². The maximum atomic E-state index is 11.0. The number of hydrogen-bond acceptors (Lipinski definition) is 6. The fourth-order valence-electron chi connectivity index (χ4n) is 1.21. The molecule has 0 fully saturated rings. The zero-order valence-corrected chi connectivity index (χ0v) is 8.64. The average Bonchev–Trinajstić information content (AvgIpc) is 2.11. The van der Waals surface area contributed by atoms with Crippen LogP contribution in [0.25, 0.3) is 0 Å². The van der Waals surface area contributed by atoms with E-state index in [2.05, 4.69) is 4.74 Å². The van der Waals surface area contributed by atoms with E-state index in [-0.39, 0.29) is 0 Å². The highest BCUT2D eigenvalue weighted by Crippen LogP contribution is 2.21. The van der Waals surface area contributed by atoms with Crippen LogP contribution in [0.4, 0.5) is 0 Å². The molecule has 7 heteroatoms. The van der Waals surface area contributed by atoms with Crippen molar-refractivity contribution in [2.24, 2.45) is 11.5 Å². The summed E-state index contributed by atoms with van der Waals surface area (Å²) in [5.41, 5.74) is 8.25. The molecule has 0 saturated carbocycles. The van der Waals surface area contributed by atoms with Crippen LogP contribution in [0.15, 0.2) is 0 Å². The van der Waals surface area contributed by atoms with Crippen LogP contribution in [-0.2, 0) is 14.3 Å². The zero-order valence-electron chi connectivity index (χ0n) is 8.64. The first kappa shape index (κ1) is 13.8. The van der Waals surface area contributed by atoms with E-state index in [1.165, 1.54) is 13.8 Å². The predicted molar refractivity (Wildman–Crippen MR) is 50.8 cm³/mol. The molecule has 3 atom stereocenters. The molecule has 0 aliphatic rings. The van der Waals surface area contributed by atoms with Crippen molar-refractivity contribution in [2.75, 3.05) is 6.54 Å². The molecule has 7 nitrogen and oxygen atoms in total. The highest BCUT2D eigenvalue weighted by Gasteiger charge is 2.50. The van der Waals surface area contributed by atoms with Gasteiger partial charge in [-0.25, -0.2) is 4.79 Å². The van der Waals surface area contributed by atoms with Gasteiger partial charge in [0.2, 0.25) is 5.60 Å². The molecule has 15 heavy (non-hydrogen) atoms. The Morgan fingerprint density at radius 2 is 1.93 bits per heavy atom. The van der Waals surface area contributed by atoms with Crippen LogP contribution >= 0.6 is 0 Å². The van der Waals surface area contributed by atoms with Crippen molar-refractivity contribution in [3.63, 3.8) is 0 Å². The topological polar surface area (TPSA) is 136 Å². The molecule has 0 spiro atoms. The fraction of sp³-hybridized carbons (Fsp3) is 0.750. The van der Waals surface area contributed by atoms with Gasteiger partial charge in [-0.15, -0.1) is 0 Å². The fourth-order valence-corrected chi connectivity index (χ4v) is 1.21. The van der Waals surface area contributed by atoms with Crippen LogP contribution in [0.2, 0.25) is 0 Å². The summed E-state index contributed by atoms with van der Waals surface area (Å²) in [6, 6.07) is -1.06. The molecule has 0 aliphatic carbocycles. The number of aliphatic carboxylic acids is 1. The van der Waals surface area contributed by atoms with E-state index >= 15 is 0 Å². The zero-order chi connectivity index (χ0) is 12.2. The second kappa shape index (κ2) is 5.06. The van der Waals surface area contributed by atoms with Crippen LogP contribution in [0.1, 0.15) is 13.8 Å². The van der Waals surface area contributed by atoms with Gasteiger partial charge in [-0.2, -0.15) is 0 Å². The van der Waals surface area contributed by atoms with E-state index in [4.69, 9.17) is 16.6 Å². The summed E-state index contributed by atoms with van der Waals surface area (Å²) >= 11 is 0. The quantitative estimate of drug-likeness (QED) is 0.395. The minimum atomic E-state index is -2.16. The summed E-state index contributed by atoms with van der Waals surface area (Å²) < 4.78 is 4.63. The average molecular weight is 220 g/mol. The number of nitrogens with two attached hydrogens (primary N) is 2. The smallest absolute Gasteiger partial charge is 0.352 e. The summed E-state index contributed by atoms with van der Waals surface area (Å²) in [5, 5.41) is 18.3. The molecular weight excluding hydrogens is 204 g/mol. The minimum absolute atomic E-state index is 0.478. The van der Waals surface area contributed by atoms with Crippen LogP contribution in [-0.4, -0.2) is 46.4 Å². The van der Waals surface area contributed by atoms with Gasteiger partial charge in [-0.05, 0) is 13.8 Å². The Morgan fingerprint density at radius 3 is 2.13 bits per heavy atom. The van der Waals surface area contributed by atoms with Gasteiger partial charge in [0.05, 0.1) is 12.6 Å². The number of rotatable bonds is 5. The second-order valence-electron chi connectivity index (χ2n) is 3.24. The minimum Gasteiger partial charge on any atom is -0.478 e. The third-order valence-corrected chi connectivity index (χ3v) is 2.08. The SMILES string of the molecule is CC(N)C(OC(=O)CN)(C(=O)O)C(C)O. The van der Waals surface area contributed by atoms with Gasteiger partial charge in [0.15, 0.2) is 0 Å². The van der Waals surface area contributed by atoms with E-state index in [1.54, 1.807) is 0 Å². The van der Waals surface area contributed by atoms with Gasteiger partial charge in [-0.3, -0.25) is 4.79 Å². The van der Waals surface area contributed by atoms with Gasteiger partial charge >= 0.3 is 11.9 Å². The number of hydrogen-bond donors (Lipinski definition) is 4. The first-order valence-corrected chi connectivity index (χ1v) is 4.38. The van der Waals surface area contributed by atoms with E-state index in [1.807, 2.05) is 0 Å². The molecule has 0 rings (SSSR count). The third kappa shape index (κ3) is 2.65. The number of aliphatic hydroxyl groups is 1. The normalized spacial score (nSPS) is 18.7. The third-order valence-electron chi connectivity index (χ3n) is 2.08. The van der Waals surface area contributed by atoms with Gasteiger partial charge < -0.3 is 26.4 Å². The lowest BCUT2D eigenvalue weighted by Crippen LogP contribution is -2.62. The Hall–Kier alpha value is -1.18. The van der Waals surface area contributed by atoms with Crippen molar-refractivity contribution in [1.29, 1.82) is 0 Å². The molecule has 0 bridgehead atoms.